The first-order valence-electron chi connectivity index (χ1n) is 11.9. The SMILES string of the molecule is CC(=O)CCc1ccc(O)cc1O.NCCCNCCCCNC(=O)CCc1ccc(O)cc1O. The molecule has 194 valence electrons. The molecule has 0 aliphatic heterocycles. The van der Waals surface area contributed by atoms with Gasteiger partial charge < -0.3 is 41.6 Å². The van der Waals surface area contributed by atoms with E-state index >= 15 is 0 Å². The van der Waals surface area contributed by atoms with Crippen LogP contribution in [-0.2, 0) is 22.4 Å². The molecule has 0 unspecified atom stereocenters. The van der Waals surface area contributed by atoms with Crippen LogP contribution in [0.2, 0.25) is 0 Å². The van der Waals surface area contributed by atoms with E-state index in [1.807, 2.05) is 0 Å². The number of carbonyl (C=O) groups excluding carboxylic acids is 2. The van der Waals surface area contributed by atoms with Gasteiger partial charge in [0.2, 0.25) is 5.91 Å². The van der Waals surface area contributed by atoms with Crippen molar-refractivity contribution in [1.29, 1.82) is 0 Å². The van der Waals surface area contributed by atoms with E-state index in [0.29, 0.717) is 49.9 Å². The van der Waals surface area contributed by atoms with Crippen LogP contribution in [-0.4, -0.2) is 58.3 Å². The van der Waals surface area contributed by atoms with E-state index in [4.69, 9.17) is 10.8 Å². The molecule has 35 heavy (non-hydrogen) atoms. The van der Waals surface area contributed by atoms with Crippen molar-refractivity contribution in [1.82, 2.24) is 10.6 Å². The second kappa shape index (κ2) is 17.2. The van der Waals surface area contributed by atoms with Gasteiger partial charge in [-0.15, -0.1) is 0 Å². The fraction of sp³-hybridized carbons (Fsp3) is 0.462. The smallest absolute Gasteiger partial charge is 0.220 e. The topological polar surface area (TPSA) is 165 Å². The molecule has 2 rings (SSSR count). The Balaban J connectivity index is 0.000000400. The Bertz CT molecular complexity index is 920. The number of aromatic hydroxyl groups is 4. The van der Waals surface area contributed by atoms with Gasteiger partial charge in [0, 0.05) is 31.5 Å². The number of phenolic OH excluding ortho intramolecular Hbond substituents is 4. The molecule has 1 amide bonds. The van der Waals surface area contributed by atoms with Crippen LogP contribution < -0.4 is 16.4 Å². The van der Waals surface area contributed by atoms with Gasteiger partial charge in [0.15, 0.2) is 0 Å². The average molecular weight is 490 g/mol. The van der Waals surface area contributed by atoms with Crippen LogP contribution in [0.3, 0.4) is 0 Å². The summed E-state index contributed by atoms with van der Waals surface area (Å²) in [6, 6.07) is 8.80. The molecular weight excluding hydrogens is 450 g/mol. The Hall–Kier alpha value is -3.30. The summed E-state index contributed by atoms with van der Waals surface area (Å²) >= 11 is 0. The highest BCUT2D eigenvalue weighted by Gasteiger charge is 2.06. The van der Waals surface area contributed by atoms with Gasteiger partial charge in [0.05, 0.1) is 0 Å². The molecule has 2 aromatic rings. The zero-order chi connectivity index (χ0) is 26.1. The molecule has 0 aliphatic rings. The third-order valence-electron chi connectivity index (χ3n) is 5.17. The maximum Gasteiger partial charge on any atom is 0.220 e. The Kier molecular flexibility index (Phi) is 14.6. The van der Waals surface area contributed by atoms with Gasteiger partial charge in [0.1, 0.15) is 28.8 Å². The van der Waals surface area contributed by atoms with E-state index in [0.717, 1.165) is 32.4 Å². The zero-order valence-corrected chi connectivity index (χ0v) is 20.4. The summed E-state index contributed by atoms with van der Waals surface area (Å²) in [4.78, 5) is 22.4. The van der Waals surface area contributed by atoms with Crippen LogP contribution in [0.5, 0.6) is 23.0 Å². The number of phenols is 4. The van der Waals surface area contributed by atoms with Gasteiger partial charge in [-0.2, -0.15) is 0 Å². The Morgan fingerprint density at radius 3 is 1.80 bits per heavy atom. The molecule has 2 aromatic carbocycles. The van der Waals surface area contributed by atoms with Gasteiger partial charge in [0.25, 0.3) is 0 Å². The van der Waals surface area contributed by atoms with Crippen molar-refractivity contribution in [3.63, 3.8) is 0 Å². The van der Waals surface area contributed by atoms with Crippen molar-refractivity contribution in [2.24, 2.45) is 5.73 Å². The Labute approximate surface area is 207 Å². The van der Waals surface area contributed by atoms with E-state index in [1.165, 1.54) is 31.2 Å². The summed E-state index contributed by atoms with van der Waals surface area (Å²) in [5.74, 6) is 0.184. The van der Waals surface area contributed by atoms with Crippen molar-refractivity contribution in [2.75, 3.05) is 26.2 Å². The summed E-state index contributed by atoms with van der Waals surface area (Å²) in [6.45, 7) is 4.77. The van der Waals surface area contributed by atoms with Crippen molar-refractivity contribution < 1.29 is 30.0 Å². The van der Waals surface area contributed by atoms with Crippen molar-refractivity contribution in [3.05, 3.63) is 47.5 Å². The molecule has 0 aromatic heterocycles. The number of nitrogens with one attached hydrogen (secondary N) is 2. The van der Waals surface area contributed by atoms with E-state index in [-0.39, 0.29) is 34.7 Å². The largest absolute Gasteiger partial charge is 0.508 e. The lowest BCUT2D eigenvalue weighted by molar-refractivity contribution is -0.121. The fourth-order valence-electron chi connectivity index (χ4n) is 3.13. The summed E-state index contributed by atoms with van der Waals surface area (Å²) in [7, 11) is 0. The highest BCUT2D eigenvalue weighted by molar-refractivity contribution is 5.76. The molecular formula is C26H39N3O6. The molecule has 0 bridgehead atoms. The number of carbonyl (C=O) groups is 2. The number of aryl methyl sites for hydroxylation is 2. The third-order valence-corrected chi connectivity index (χ3v) is 5.17. The second-order valence-corrected chi connectivity index (χ2v) is 8.28. The molecule has 9 nitrogen and oxygen atoms in total. The molecule has 0 fully saturated rings. The number of nitrogens with two attached hydrogens (primary N) is 1. The van der Waals surface area contributed by atoms with Crippen LogP contribution in [0.1, 0.15) is 50.2 Å². The quantitative estimate of drug-likeness (QED) is 0.199. The van der Waals surface area contributed by atoms with Gasteiger partial charge in [-0.05, 0) is 81.9 Å². The predicted octanol–water partition coefficient (Wildman–Crippen LogP) is 2.48. The number of hydrogen-bond acceptors (Lipinski definition) is 8. The first-order valence-corrected chi connectivity index (χ1v) is 11.9. The van der Waals surface area contributed by atoms with Crippen molar-refractivity contribution in [2.45, 2.75) is 51.9 Å². The maximum absolute atomic E-state index is 11.7. The summed E-state index contributed by atoms with van der Waals surface area (Å²) < 4.78 is 0. The molecule has 0 atom stereocenters. The first kappa shape index (κ1) is 29.7. The highest BCUT2D eigenvalue weighted by atomic mass is 16.3. The lowest BCUT2D eigenvalue weighted by atomic mass is 10.1. The van der Waals surface area contributed by atoms with E-state index in [1.54, 1.807) is 12.1 Å². The molecule has 0 saturated heterocycles. The van der Waals surface area contributed by atoms with Crippen LogP contribution in [0.15, 0.2) is 36.4 Å². The van der Waals surface area contributed by atoms with Crippen LogP contribution in [0.25, 0.3) is 0 Å². The zero-order valence-electron chi connectivity index (χ0n) is 20.4. The van der Waals surface area contributed by atoms with Crippen molar-refractivity contribution >= 4 is 11.7 Å². The van der Waals surface area contributed by atoms with Crippen LogP contribution >= 0.6 is 0 Å². The molecule has 0 aliphatic carbocycles. The summed E-state index contributed by atoms with van der Waals surface area (Å²) in [5, 5.41) is 43.3. The van der Waals surface area contributed by atoms with Gasteiger partial charge >= 0.3 is 0 Å². The number of unbranched alkanes of at least 4 members (excludes halogenated alkanes) is 1. The number of hydrogen-bond donors (Lipinski definition) is 7. The number of Topliss-reactive ketones (excluding diaryl/α,β-unsaturated/α-hetero) is 1. The number of rotatable bonds is 14. The minimum atomic E-state index is -0.0245. The molecule has 0 saturated carbocycles. The molecule has 8 N–H and O–H groups in total. The maximum atomic E-state index is 11.7. The summed E-state index contributed by atoms with van der Waals surface area (Å²) in [5.41, 5.74) is 6.75. The van der Waals surface area contributed by atoms with Gasteiger partial charge in [-0.25, -0.2) is 0 Å². The number of ketones is 1. The second-order valence-electron chi connectivity index (χ2n) is 8.28. The fourth-order valence-corrected chi connectivity index (χ4v) is 3.13. The van der Waals surface area contributed by atoms with Crippen molar-refractivity contribution in [3.8, 4) is 23.0 Å². The molecule has 0 spiro atoms. The molecule has 9 heteroatoms. The first-order chi connectivity index (χ1) is 16.7. The average Bonchev–Trinajstić information content (AvgIpc) is 2.80. The lowest BCUT2D eigenvalue weighted by Gasteiger charge is -2.07. The number of amides is 1. The number of benzene rings is 2. The Morgan fingerprint density at radius 2 is 1.29 bits per heavy atom. The van der Waals surface area contributed by atoms with Gasteiger partial charge in [-0.3, -0.25) is 4.79 Å². The lowest BCUT2D eigenvalue weighted by Crippen LogP contribution is -2.26. The van der Waals surface area contributed by atoms with E-state index in [9.17, 15) is 24.9 Å². The predicted molar refractivity (Wildman–Crippen MR) is 136 cm³/mol. The highest BCUT2D eigenvalue weighted by Crippen LogP contribution is 2.24. The van der Waals surface area contributed by atoms with Gasteiger partial charge in [-0.1, -0.05) is 12.1 Å². The standard InChI is InChI=1S/C16H27N3O3.C10H12O3/c17-8-3-10-18-9-1-2-11-19-16(22)7-5-13-4-6-14(20)12-15(13)21;1-7(11)2-3-8-4-5-9(12)6-10(8)13/h4,6,12,18,20-21H,1-3,5,7-11,17H2,(H,19,22);4-6,12-13H,2-3H2,1H3. The Morgan fingerprint density at radius 1 is 0.771 bits per heavy atom. The monoisotopic (exact) mass is 489 g/mol. The van der Waals surface area contributed by atoms with Crippen LogP contribution in [0, 0.1) is 0 Å². The minimum absolute atomic E-state index is 0.0192. The van der Waals surface area contributed by atoms with E-state index in [2.05, 4.69) is 10.6 Å². The van der Waals surface area contributed by atoms with Crippen LogP contribution in [0.4, 0.5) is 0 Å². The molecule has 0 heterocycles. The minimum Gasteiger partial charge on any atom is -0.508 e. The van der Waals surface area contributed by atoms with E-state index < -0.39 is 0 Å². The normalized spacial score (nSPS) is 10.3. The summed E-state index contributed by atoms with van der Waals surface area (Å²) in [6.07, 6.45) is 4.65. The molecule has 0 radical (unpaired) electrons. The third kappa shape index (κ3) is 13.9.